The number of hydrogen-bond donors (Lipinski definition) is 1. The summed E-state index contributed by atoms with van der Waals surface area (Å²) >= 11 is 0. The summed E-state index contributed by atoms with van der Waals surface area (Å²) in [6.45, 7) is 0.204. The normalized spacial score (nSPS) is 10.4. The van der Waals surface area contributed by atoms with Gasteiger partial charge in [0.25, 0.3) is 5.69 Å². The predicted molar refractivity (Wildman–Crippen MR) is 121 cm³/mol. The van der Waals surface area contributed by atoms with Gasteiger partial charge >= 0.3 is 0 Å². The van der Waals surface area contributed by atoms with E-state index in [2.05, 4.69) is 16.6 Å². The number of nitro groups is 1. The third-order valence-corrected chi connectivity index (χ3v) is 4.65. The zero-order valence-corrected chi connectivity index (χ0v) is 17.7. The summed E-state index contributed by atoms with van der Waals surface area (Å²) in [6.07, 6.45) is 1.25. The van der Waals surface area contributed by atoms with Gasteiger partial charge in [0.2, 0.25) is 5.91 Å². The standard InChI is InChI=1S/C24H20N4O5/c1-32-23-12-17(10-11-22(23)33-16-20-8-3-2-7-19(20)14-25)15-26-27-24(29)13-18-6-4-5-9-21(18)28(30)31/h2-12,15H,13,16H2,1H3,(H,27,29)/b26-15+. The first-order valence-corrected chi connectivity index (χ1v) is 9.85. The molecule has 0 unspecified atom stereocenters. The summed E-state index contributed by atoms with van der Waals surface area (Å²) in [5.41, 5.74) is 4.49. The van der Waals surface area contributed by atoms with Crippen LogP contribution in [0.15, 0.2) is 71.8 Å². The highest BCUT2D eigenvalue weighted by atomic mass is 16.6. The Labute approximate surface area is 190 Å². The van der Waals surface area contributed by atoms with Crippen molar-refractivity contribution in [2.45, 2.75) is 13.0 Å². The summed E-state index contributed by atoms with van der Waals surface area (Å²) in [5.74, 6) is 0.464. The molecule has 3 rings (SSSR count). The van der Waals surface area contributed by atoms with Crippen LogP contribution in [0.2, 0.25) is 0 Å². The quantitative estimate of drug-likeness (QED) is 0.304. The number of nitriles is 1. The van der Waals surface area contributed by atoms with Crippen molar-refractivity contribution in [2.24, 2.45) is 5.10 Å². The maximum Gasteiger partial charge on any atom is 0.273 e. The molecule has 0 saturated heterocycles. The molecule has 0 atom stereocenters. The van der Waals surface area contributed by atoms with Crippen LogP contribution in [0.1, 0.15) is 22.3 Å². The van der Waals surface area contributed by atoms with E-state index < -0.39 is 10.8 Å². The Kier molecular flexibility index (Phi) is 7.70. The SMILES string of the molecule is COc1cc(/C=N/NC(=O)Cc2ccccc2[N+](=O)[O-])ccc1OCc1ccccc1C#N. The van der Waals surface area contributed by atoms with Crippen molar-refractivity contribution in [1.82, 2.24) is 5.43 Å². The minimum atomic E-state index is -0.527. The zero-order valence-electron chi connectivity index (χ0n) is 17.7. The maximum absolute atomic E-state index is 12.1. The predicted octanol–water partition coefficient (Wildman–Crippen LogP) is 3.75. The first-order valence-electron chi connectivity index (χ1n) is 9.85. The van der Waals surface area contributed by atoms with E-state index in [-0.39, 0.29) is 18.7 Å². The Hall–Kier alpha value is -4.71. The van der Waals surface area contributed by atoms with Gasteiger partial charge in [-0.2, -0.15) is 10.4 Å². The van der Waals surface area contributed by atoms with E-state index in [1.165, 1.54) is 25.5 Å². The molecular formula is C24H20N4O5. The highest BCUT2D eigenvalue weighted by molar-refractivity contribution is 5.84. The number of nitrogens with zero attached hydrogens (tertiary/aromatic N) is 3. The fourth-order valence-corrected chi connectivity index (χ4v) is 3.02. The molecule has 0 saturated carbocycles. The topological polar surface area (TPSA) is 127 Å². The average molecular weight is 444 g/mol. The molecule has 9 heteroatoms. The molecule has 1 amide bonds. The molecular weight excluding hydrogens is 424 g/mol. The van der Waals surface area contributed by atoms with Gasteiger partial charge in [-0.05, 0) is 29.8 Å². The molecule has 33 heavy (non-hydrogen) atoms. The van der Waals surface area contributed by atoms with Gasteiger partial charge in [0.15, 0.2) is 11.5 Å². The minimum absolute atomic E-state index is 0.116. The summed E-state index contributed by atoms with van der Waals surface area (Å²) in [6, 6.07) is 20.5. The molecule has 0 spiro atoms. The largest absolute Gasteiger partial charge is 0.493 e. The number of hydrazone groups is 1. The van der Waals surface area contributed by atoms with E-state index in [9.17, 15) is 20.2 Å². The first-order chi connectivity index (χ1) is 16.0. The molecule has 166 valence electrons. The Morgan fingerprint density at radius 1 is 1.12 bits per heavy atom. The summed E-state index contributed by atoms with van der Waals surface area (Å²) in [4.78, 5) is 22.6. The van der Waals surface area contributed by atoms with Gasteiger partial charge in [0, 0.05) is 17.2 Å². The van der Waals surface area contributed by atoms with E-state index >= 15 is 0 Å². The summed E-state index contributed by atoms with van der Waals surface area (Å²) in [5, 5.41) is 24.2. The van der Waals surface area contributed by atoms with Crippen LogP contribution >= 0.6 is 0 Å². The van der Waals surface area contributed by atoms with Crippen molar-refractivity contribution in [3.05, 3.63) is 99.1 Å². The van der Waals surface area contributed by atoms with E-state index in [0.717, 1.165) is 5.56 Å². The molecule has 0 fully saturated rings. The van der Waals surface area contributed by atoms with Gasteiger partial charge in [-0.1, -0.05) is 36.4 Å². The molecule has 3 aromatic carbocycles. The van der Waals surface area contributed by atoms with E-state index in [0.29, 0.717) is 28.2 Å². The fraction of sp³-hybridized carbons (Fsp3) is 0.125. The van der Waals surface area contributed by atoms with Crippen LogP contribution in [0.25, 0.3) is 0 Å². The van der Waals surface area contributed by atoms with Crippen LogP contribution in [0.5, 0.6) is 11.5 Å². The monoisotopic (exact) mass is 444 g/mol. The Morgan fingerprint density at radius 3 is 2.58 bits per heavy atom. The molecule has 3 aromatic rings. The lowest BCUT2D eigenvalue weighted by atomic mass is 10.1. The number of rotatable bonds is 9. The van der Waals surface area contributed by atoms with Crippen LogP contribution < -0.4 is 14.9 Å². The van der Waals surface area contributed by atoms with E-state index in [1.54, 1.807) is 42.5 Å². The van der Waals surface area contributed by atoms with Crippen molar-refractivity contribution in [3.8, 4) is 17.6 Å². The van der Waals surface area contributed by atoms with Gasteiger partial charge in [-0.3, -0.25) is 14.9 Å². The molecule has 0 aliphatic rings. The van der Waals surface area contributed by atoms with Gasteiger partial charge in [-0.25, -0.2) is 5.43 Å². The number of hydrogen-bond acceptors (Lipinski definition) is 7. The lowest BCUT2D eigenvalue weighted by molar-refractivity contribution is -0.385. The van der Waals surface area contributed by atoms with Crippen molar-refractivity contribution >= 4 is 17.8 Å². The number of benzene rings is 3. The van der Waals surface area contributed by atoms with Gasteiger partial charge in [-0.15, -0.1) is 0 Å². The summed E-state index contributed by atoms with van der Waals surface area (Å²) in [7, 11) is 1.50. The lowest BCUT2D eigenvalue weighted by Gasteiger charge is -2.12. The van der Waals surface area contributed by atoms with Crippen LogP contribution in [0.4, 0.5) is 5.69 Å². The third-order valence-electron chi connectivity index (χ3n) is 4.65. The van der Waals surface area contributed by atoms with Gasteiger partial charge in [0.1, 0.15) is 6.61 Å². The van der Waals surface area contributed by atoms with Crippen molar-refractivity contribution in [3.63, 3.8) is 0 Å². The second-order valence-corrected chi connectivity index (χ2v) is 6.82. The molecule has 0 heterocycles. The van der Waals surface area contributed by atoms with Crippen LogP contribution in [-0.2, 0) is 17.8 Å². The van der Waals surface area contributed by atoms with Crippen LogP contribution in [-0.4, -0.2) is 24.2 Å². The van der Waals surface area contributed by atoms with Gasteiger partial charge in [0.05, 0.1) is 36.3 Å². The smallest absolute Gasteiger partial charge is 0.273 e. The Morgan fingerprint density at radius 2 is 1.85 bits per heavy atom. The Balaban J connectivity index is 1.62. The van der Waals surface area contributed by atoms with E-state index in [4.69, 9.17) is 9.47 Å². The van der Waals surface area contributed by atoms with Crippen LogP contribution in [0.3, 0.4) is 0 Å². The number of para-hydroxylation sites is 1. The molecule has 0 bridgehead atoms. The lowest BCUT2D eigenvalue weighted by Crippen LogP contribution is -2.20. The number of nitro benzene ring substituents is 1. The highest BCUT2D eigenvalue weighted by Crippen LogP contribution is 2.28. The number of carbonyl (C=O) groups excluding carboxylic acids is 1. The second-order valence-electron chi connectivity index (χ2n) is 6.82. The third kappa shape index (κ3) is 6.15. The number of methoxy groups -OCH3 is 1. The maximum atomic E-state index is 12.1. The van der Waals surface area contributed by atoms with E-state index in [1.807, 2.05) is 12.1 Å². The average Bonchev–Trinajstić information content (AvgIpc) is 2.83. The first kappa shape index (κ1) is 23.0. The Bertz CT molecular complexity index is 1230. The van der Waals surface area contributed by atoms with Crippen molar-refractivity contribution < 1.29 is 19.2 Å². The fourth-order valence-electron chi connectivity index (χ4n) is 3.02. The van der Waals surface area contributed by atoms with Crippen molar-refractivity contribution in [1.29, 1.82) is 5.26 Å². The second kappa shape index (κ2) is 11.1. The molecule has 0 aliphatic heterocycles. The van der Waals surface area contributed by atoms with Crippen LogP contribution in [0, 0.1) is 21.4 Å². The number of amides is 1. The number of carbonyl (C=O) groups is 1. The molecule has 0 aromatic heterocycles. The van der Waals surface area contributed by atoms with Crippen molar-refractivity contribution in [2.75, 3.05) is 7.11 Å². The highest BCUT2D eigenvalue weighted by Gasteiger charge is 2.15. The summed E-state index contributed by atoms with van der Waals surface area (Å²) < 4.78 is 11.2. The molecule has 9 nitrogen and oxygen atoms in total. The molecule has 0 radical (unpaired) electrons. The molecule has 0 aliphatic carbocycles. The van der Waals surface area contributed by atoms with Gasteiger partial charge < -0.3 is 9.47 Å². The minimum Gasteiger partial charge on any atom is -0.493 e. The number of nitrogens with one attached hydrogen (secondary N) is 1. The zero-order chi connectivity index (χ0) is 23.6. The number of ether oxygens (including phenoxy) is 2. The molecule has 1 N–H and O–H groups in total.